The lowest BCUT2D eigenvalue weighted by Crippen LogP contribution is -3.00. The Morgan fingerprint density at radius 1 is 1.08 bits per heavy atom. The third-order valence-corrected chi connectivity index (χ3v) is 13.2. The molecule has 3 aliphatic rings. The molecular formula is C35H44ClFN6O3S3. The minimum absolute atomic E-state index is 0. The van der Waals surface area contributed by atoms with Gasteiger partial charge >= 0.3 is 6.03 Å². The molecule has 2 saturated heterocycles. The van der Waals surface area contributed by atoms with E-state index < -0.39 is 0 Å². The minimum atomic E-state index is -0.270. The highest BCUT2D eigenvalue weighted by atomic mass is 35.5. The Morgan fingerprint density at radius 3 is 2.73 bits per heavy atom. The van der Waals surface area contributed by atoms with Gasteiger partial charge in [-0.05, 0) is 50.8 Å². The largest absolute Gasteiger partial charge is 1.00 e. The molecule has 0 bridgehead atoms. The summed E-state index contributed by atoms with van der Waals surface area (Å²) in [6.45, 7) is 4.09. The molecule has 0 spiro atoms. The maximum Gasteiger partial charge on any atom is 0.315 e. The number of aromatic nitrogens is 2. The topological polar surface area (TPSA) is 99.3 Å². The number of hydrogen-bond donors (Lipinski definition) is 3. The van der Waals surface area contributed by atoms with Gasteiger partial charge < -0.3 is 33.3 Å². The van der Waals surface area contributed by atoms with Crippen LogP contribution in [-0.4, -0.2) is 53.2 Å². The number of unbranched alkanes of at least 4 members (excludes halogenated alkanes) is 4. The molecule has 0 unspecified atom stereocenters. The third-order valence-electron chi connectivity index (χ3n) is 9.21. The average Bonchev–Trinajstić information content (AvgIpc) is 3.81. The number of urea groups is 1. The number of carbonyl (C=O) groups is 2. The number of benzene rings is 1. The summed E-state index contributed by atoms with van der Waals surface area (Å²) in [5, 5.41) is 10.3. The number of fused-ring (bicyclic) bond motifs is 2. The summed E-state index contributed by atoms with van der Waals surface area (Å²) in [5.41, 5.74) is 1.76. The van der Waals surface area contributed by atoms with Crippen LogP contribution < -0.4 is 52.6 Å². The highest BCUT2D eigenvalue weighted by Crippen LogP contribution is 2.46. The second-order valence-corrected chi connectivity index (χ2v) is 15.8. The van der Waals surface area contributed by atoms with Crippen molar-refractivity contribution < 1.29 is 31.0 Å². The van der Waals surface area contributed by atoms with E-state index in [1.54, 1.807) is 10.6 Å². The zero-order chi connectivity index (χ0) is 33.6. The highest BCUT2D eigenvalue weighted by Gasteiger charge is 2.42. The number of aryl methyl sites for hydroxylation is 1. The van der Waals surface area contributed by atoms with Gasteiger partial charge in [0, 0.05) is 62.2 Å². The molecule has 0 radical (unpaired) electrons. The molecule has 3 aliphatic heterocycles. The summed E-state index contributed by atoms with van der Waals surface area (Å²) < 4.78 is 20.0. The predicted octanol–water partition coefficient (Wildman–Crippen LogP) is 0.899. The van der Waals surface area contributed by atoms with Gasteiger partial charge in [-0.1, -0.05) is 30.7 Å². The van der Waals surface area contributed by atoms with Gasteiger partial charge in [0.15, 0.2) is 6.20 Å². The van der Waals surface area contributed by atoms with Crippen molar-refractivity contribution in [2.24, 2.45) is 0 Å². The first kappa shape index (κ1) is 37.3. The van der Waals surface area contributed by atoms with Crippen molar-refractivity contribution in [2.75, 3.05) is 24.2 Å². The molecule has 3 aromatic rings. The first-order valence-corrected chi connectivity index (χ1v) is 19.6. The number of pyridine rings is 1. The number of nitrogens with zero attached hydrogens (tertiary/aromatic N) is 3. The number of hydrogen-bond acceptors (Lipinski definition) is 7. The van der Waals surface area contributed by atoms with E-state index in [-0.39, 0.29) is 47.8 Å². The van der Waals surface area contributed by atoms with Crippen LogP contribution >= 0.6 is 34.9 Å². The molecule has 2 fully saturated rings. The number of halogens is 2. The lowest BCUT2D eigenvalue weighted by atomic mass is 10.0. The number of carbonyl (C=O) groups excluding carboxylic acids is 2. The van der Waals surface area contributed by atoms with E-state index >= 15 is 0 Å². The second kappa shape index (κ2) is 17.3. The molecular weight excluding hydrogens is 703 g/mol. The van der Waals surface area contributed by atoms with Crippen LogP contribution in [0.2, 0.25) is 0 Å². The summed E-state index contributed by atoms with van der Waals surface area (Å²) >= 11 is 4.69. The Kier molecular flexibility index (Phi) is 13.1. The molecule has 6 rings (SSSR count). The van der Waals surface area contributed by atoms with Crippen LogP contribution in [0.3, 0.4) is 0 Å². The van der Waals surface area contributed by atoms with Crippen molar-refractivity contribution in [3.63, 3.8) is 0 Å². The van der Waals surface area contributed by atoms with Crippen molar-refractivity contribution in [2.45, 2.75) is 93.6 Å². The lowest BCUT2D eigenvalue weighted by Gasteiger charge is -2.16. The summed E-state index contributed by atoms with van der Waals surface area (Å²) in [6.07, 6.45) is 11.7. The molecule has 264 valence electrons. The molecule has 14 heteroatoms. The Morgan fingerprint density at radius 2 is 1.92 bits per heavy atom. The average molecular weight is 747 g/mol. The fourth-order valence-corrected chi connectivity index (χ4v) is 10.6. The Hall–Kier alpha value is -3.00. The van der Waals surface area contributed by atoms with E-state index in [0.29, 0.717) is 34.2 Å². The second-order valence-electron chi connectivity index (χ2n) is 12.5. The number of amides is 3. The smallest absolute Gasteiger partial charge is 0.315 e. The zero-order valence-corrected chi connectivity index (χ0v) is 31.1. The van der Waals surface area contributed by atoms with Crippen LogP contribution in [-0.2, 0) is 17.9 Å². The number of thioether (sulfide) groups is 2. The lowest BCUT2D eigenvalue weighted by molar-refractivity contribution is -0.699. The molecule has 3 atom stereocenters. The zero-order valence-electron chi connectivity index (χ0n) is 27.9. The van der Waals surface area contributed by atoms with Gasteiger partial charge in [0.1, 0.15) is 26.6 Å². The fourth-order valence-electron chi connectivity index (χ4n) is 6.61. The van der Waals surface area contributed by atoms with Crippen molar-refractivity contribution in [3.05, 3.63) is 73.7 Å². The van der Waals surface area contributed by atoms with Crippen LogP contribution in [0.4, 0.5) is 14.9 Å². The van der Waals surface area contributed by atoms with Gasteiger partial charge in [-0.3, -0.25) is 14.2 Å². The molecule has 49 heavy (non-hydrogen) atoms. The van der Waals surface area contributed by atoms with Crippen LogP contribution in [0, 0.1) is 5.82 Å². The Bertz CT molecular complexity index is 1840. The maximum absolute atomic E-state index is 14.5. The molecule has 0 saturated carbocycles. The first-order valence-electron chi connectivity index (χ1n) is 16.9. The normalized spacial score (nSPS) is 20.9. The van der Waals surface area contributed by atoms with Crippen LogP contribution in [0.5, 0.6) is 0 Å². The Labute approximate surface area is 305 Å². The molecule has 3 N–H and O–H groups in total. The highest BCUT2D eigenvalue weighted by molar-refractivity contribution is 8.08. The van der Waals surface area contributed by atoms with Crippen molar-refractivity contribution >= 4 is 63.6 Å². The third kappa shape index (κ3) is 8.66. The van der Waals surface area contributed by atoms with Crippen molar-refractivity contribution in [3.8, 4) is 0 Å². The molecule has 0 aliphatic carbocycles. The van der Waals surface area contributed by atoms with Crippen LogP contribution in [0.15, 0.2) is 52.3 Å². The molecule has 1 aromatic carbocycles. The predicted molar refractivity (Wildman–Crippen MR) is 193 cm³/mol. The van der Waals surface area contributed by atoms with Crippen LogP contribution in [0.1, 0.15) is 64.0 Å². The maximum atomic E-state index is 14.5. The number of rotatable bonds is 14. The van der Waals surface area contributed by atoms with Crippen molar-refractivity contribution in [1.82, 2.24) is 20.5 Å². The number of anilines is 1. The first-order chi connectivity index (χ1) is 23.3. The molecule has 2 aromatic heterocycles. The molecule has 9 nitrogen and oxygen atoms in total. The fraction of sp³-hybridized carbons (Fsp3) is 0.486. The summed E-state index contributed by atoms with van der Waals surface area (Å²) in [5.74, 6) is 0.820. The van der Waals surface area contributed by atoms with Gasteiger partial charge in [-0.25, -0.2) is 9.18 Å². The SMILES string of the molecule is CCn1c(=O)/c(=C2\Sc3c(F)cccc3N2C)s/c1=C\c1cccc[n+]1CCCCCCNC(=O)CCCC[C@@H]1SC[C@@H]2NC(=O)N[C@@H]21.[Cl-]. The summed E-state index contributed by atoms with van der Waals surface area (Å²) in [7, 11) is 1.88. The van der Waals surface area contributed by atoms with Gasteiger partial charge in [0.25, 0.3) is 5.56 Å². The number of thiazole rings is 1. The van der Waals surface area contributed by atoms with E-state index in [4.69, 9.17) is 0 Å². The Balaban J connectivity index is 0.00000468. The molecule has 3 amide bonds. The van der Waals surface area contributed by atoms with Crippen molar-refractivity contribution in [1.29, 1.82) is 0 Å². The quantitative estimate of drug-likeness (QED) is 0.129. The minimum Gasteiger partial charge on any atom is -1.00 e. The van der Waals surface area contributed by atoms with Gasteiger partial charge in [-0.15, -0.1) is 11.3 Å². The summed E-state index contributed by atoms with van der Waals surface area (Å²) in [6, 6.07) is 11.6. The van der Waals surface area contributed by atoms with E-state index in [9.17, 15) is 18.8 Å². The van der Waals surface area contributed by atoms with Gasteiger partial charge in [0.05, 0.1) is 22.7 Å². The standard InChI is InChI=1S/C35H43FN6O3S3.ClH/c1-3-42-29(47-32(33(42)44)34-40(2)26-15-12-14-24(36)31(26)48-34)21-23-13-8-11-20-41(23)19-10-5-4-9-18-37-28(43)17-7-6-16-27-30-25(22-46-27)38-35(45)39-30;/h8,11-15,20-21,25,27,30H,3-7,9-10,16-19,22H2,1-2H3,(H2-,37,38,39,43,45);1H/b34-32+;/t25-,27-,30-;/m0./s1. The van der Waals surface area contributed by atoms with Gasteiger partial charge in [0.2, 0.25) is 11.6 Å². The van der Waals surface area contributed by atoms with Gasteiger partial charge in [-0.2, -0.15) is 16.3 Å². The monoisotopic (exact) mass is 746 g/mol. The van der Waals surface area contributed by atoms with E-state index in [1.807, 2.05) is 48.8 Å². The van der Waals surface area contributed by atoms with Crippen LogP contribution in [0.25, 0.3) is 11.1 Å². The summed E-state index contributed by atoms with van der Waals surface area (Å²) in [4.78, 5) is 39.8. The molecule has 5 heterocycles. The van der Waals surface area contributed by atoms with E-state index in [2.05, 4.69) is 38.9 Å². The van der Waals surface area contributed by atoms with E-state index in [1.165, 1.54) is 29.2 Å². The number of nitrogens with one attached hydrogen (secondary N) is 3. The van der Waals surface area contributed by atoms with E-state index in [0.717, 1.165) is 78.3 Å².